The van der Waals surface area contributed by atoms with Crippen LogP contribution in [0.3, 0.4) is 0 Å². The Hall–Kier alpha value is -1.60. The summed E-state index contributed by atoms with van der Waals surface area (Å²) < 4.78 is 27.2. The lowest BCUT2D eigenvalue weighted by molar-refractivity contribution is 0.0525. The van der Waals surface area contributed by atoms with Gasteiger partial charge in [-0.3, -0.25) is 0 Å². The quantitative estimate of drug-likeness (QED) is 0.602. The Labute approximate surface area is 99.6 Å². The van der Waals surface area contributed by atoms with Gasteiger partial charge in [0.25, 0.3) is 0 Å². The third-order valence-corrected chi connectivity index (χ3v) is 3.14. The van der Waals surface area contributed by atoms with Crippen LogP contribution < -0.4 is 10.9 Å². The van der Waals surface area contributed by atoms with Gasteiger partial charge in [-0.1, -0.05) is 0 Å². The van der Waals surface area contributed by atoms with Crippen molar-refractivity contribution in [3.63, 3.8) is 0 Å². The van der Waals surface area contributed by atoms with Crippen molar-refractivity contribution in [2.75, 3.05) is 12.3 Å². The lowest BCUT2D eigenvalue weighted by atomic mass is 10.1. The first-order chi connectivity index (χ1) is 7.77. The van der Waals surface area contributed by atoms with E-state index in [-0.39, 0.29) is 22.8 Å². The molecular formula is C10H14N2O4S. The van der Waals surface area contributed by atoms with Crippen molar-refractivity contribution in [3.05, 3.63) is 23.3 Å². The van der Waals surface area contributed by atoms with Gasteiger partial charge in [0.2, 0.25) is 10.0 Å². The summed E-state index contributed by atoms with van der Waals surface area (Å²) in [4.78, 5) is 11.4. The molecule has 0 aliphatic carbocycles. The van der Waals surface area contributed by atoms with Crippen molar-refractivity contribution in [1.82, 2.24) is 0 Å². The number of hydrogen-bond acceptors (Lipinski definition) is 5. The molecule has 0 unspecified atom stereocenters. The zero-order valence-electron chi connectivity index (χ0n) is 9.56. The van der Waals surface area contributed by atoms with E-state index in [0.717, 1.165) is 0 Å². The third kappa shape index (κ3) is 2.95. The number of primary sulfonamides is 1. The maximum absolute atomic E-state index is 11.6. The number of carbonyl (C=O) groups excluding carboxylic acids is 1. The molecule has 6 nitrogen and oxygen atoms in total. The topological polar surface area (TPSA) is 112 Å². The van der Waals surface area contributed by atoms with Gasteiger partial charge in [0.1, 0.15) is 0 Å². The van der Waals surface area contributed by atoms with Crippen LogP contribution in [0.2, 0.25) is 0 Å². The van der Waals surface area contributed by atoms with Crippen LogP contribution in [0.15, 0.2) is 17.0 Å². The Bertz CT molecular complexity index is 552. The molecule has 0 saturated heterocycles. The predicted octanol–water partition coefficient (Wildman–Crippen LogP) is 0.401. The summed E-state index contributed by atoms with van der Waals surface area (Å²) in [6, 6.07) is 2.38. The monoisotopic (exact) mass is 258 g/mol. The number of nitrogens with two attached hydrogens (primary N) is 2. The number of nitrogen functional groups attached to an aromatic ring is 1. The largest absolute Gasteiger partial charge is 0.462 e. The first-order valence-corrected chi connectivity index (χ1v) is 6.42. The smallest absolute Gasteiger partial charge is 0.338 e. The molecule has 1 rings (SSSR count). The summed E-state index contributed by atoms with van der Waals surface area (Å²) in [5.41, 5.74) is 6.38. The van der Waals surface area contributed by atoms with E-state index >= 15 is 0 Å². The number of carbonyl (C=O) groups is 1. The summed E-state index contributed by atoms with van der Waals surface area (Å²) in [5.74, 6) is -0.623. The van der Waals surface area contributed by atoms with Crippen LogP contribution in [-0.2, 0) is 14.8 Å². The van der Waals surface area contributed by atoms with Gasteiger partial charge in [-0.05, 0) is 31.5 Å². The average molecular weight is 258 g/mol. The van der Waals surface area contributed by atoms with Crippen LogP contribution >= 0.6 is 0 Å². The van der Waals surface area contributed by atoms with Gasteiger partial charge in [0, 0.05) is 5.69 Å². The van der Waals surface area contributed by atoms with E-state index in [1.54, 1.807) is 13.8 Å². The minimum absolute atomic E-state index is 0.107. The number of esters is 1. The van der Waals surface area contributed by atoms with E-state index < -0.39 is 16.0 Å². The zero-order valence-corrected chi connectivity index (χ0v) is 10.4. The van der Waals surface area contributed by atoms with Crippen LogP contribution in [0.4, 0.5) is 5.69 Å². The maximum Gasteiger partial charge on any atom is 0.338 e. The molecule has 7 heteroatoms. The summed E-state index contributed by atoms with van der Waals surface area (Å²) >= 11 is 0. The van der Waals surface area contributed by atoms with E-state index in [9.17, 15) is 13.2 Å². The second kappa shape index (κ2) is 4.72. The van der Waals surface area contributed by atoms with E-state index in [1.807, 2.05) is 0 Å². The number of sulfonamides is 1. The van der Waals surface area contributed by atoms with Crippen LogP contribution in [0.1, 0.15) is 22.8 Å². The van der Waals surface area contributed by atoms with Crippen molar-refractivity contribution < 1.29 is 17.9 Å². The molecule has 1 aromatic carbocycles. The van der Waals surface area contributed by atoms with Crippen molar-refractivity contribution in [1.29, 1.82) is 0 Å². The molecule has 4 N–H and O–H groups in total. The van der Waals surface area contributed by atoms with Gasteiger partial charge in [0.15, 0.2) is 0 Å². The molecule has 0 saturated carbocycles. The lowest BCUT2D eigenvalue weighted by Gasteiger charge is -2.10. The molecule has 0 spiro atoms. The molecule has 0 aromatic heterocycles. The Morgan fingerprint density at radius 2 is 2.00 bits per heavy atom. The SMILES string of the molecule is CCOC(=O)c1cc(S(N)(=O)=O)cc(N)c1C. The normalized spacial score (nSPS) is 11.2. The molecule has 94 valence electrons. The second-order valence-electron chi connectivity index (χ2n) is 3.45. The van der Waals surface area contributed by atoms with Crippen molar-refractivity contribution in [2.24, 2.45) is 5.14 Å². The highest BCUT2D eigenvalue weighted by Crippen LogP contribution is 2.22. The Kier molecular flexibility index (Phi) is 3.74. The fourth-order valence-electron chi connectivity index (χ4n) is 1.29. The van der Waals surface area contributed by atoms with E-state index in [4.69, 9.17) is 15.6 Å². The lowest BCUT2D eigenvalue weighted by Crippen LogP contribution is -2.15. The highest BCUT2D eigenvalue weighted by atomic mass is 32.2. The third-order valence-electron chi connectivity index (χ3n) is 2.25. The molecule has 0 aliphatic heterocycles. The molecule has 17 heavy (non-hydrogen) atoms. The van der Waals surface area contributed by atoms with Gasteiger partial charge >= 0.3 is 5.97 Å². The molecule has 1 aromatic rings. The Morgan fingerprint density at radius 3 is 2.47 bits per heavy atom. The van der Waals surface area contributed by atoms with Gasteiger partial charge < -0.3 is 10.5 Å². The van der Waals surface area contributed by atoms with Crippen molar-refractivity contribution >= 4 is 21.7 Å². The van der Waals surface area contributed by atoms with Gasteiger partial charge in [-0.15, -0.1) is 0 Å². The number of rotatable bonds is 3. The Morgan fingerprint density at radius 1 is 1.41 bits per heavy atom. The minimum Gasteiger partial charge on any atom is -0.462 e. The number of anilines is 1. The zero-order chi connectivity index (χ0) is 13.2. The molecule has 0 amide bonds. The highest BCUT2D eigenvalue weighted by Gasteiger charge is 2.18. The van der Waals surface area contributed by atoms with Crippen LogP contribution in [0.5, 0.6) is 0 Å². The van der Waals surface area contributed by atoms with Crippen LogP contribution in [0.25, 0.3) is 0 Å². The molecule has 0 aliphatic rings. The van der Waals surface area contributed by atoms with Crippen LogP contribution in [-0.4, -0.2) is 21.0 Å². The summed E-state index contributed by atoms with van der Waals surface area (Å²) in [6.45, 7) is 3.45. The van der Waals surface area contributed by atoms with E-state index in [1.165, 1.54) is 12.1 Å². The fraction of sp³-hybridized carbons (Fsp3) is 0.300. The summed E-state index contributed by atoms with van der Waals surface area (Å²) in [6.07, 6.45) is 0. The first-order valence-electron chi connectivity index (χ1n) is 4.87. The fourth-order valence-corrected chi connectivity index (χ4v) is 1.87. The number of hydrogen-bond donors (Lipinski definition) is 2. The maximum atomic E-state index is 11.6. The summed E-state index contributed by atoms with van der Waals surface area (Å²) in [5, 5.41) is 4.98. The number of ether oxygens (including phenoxy) is 1. The molecule has 0 atom stereocenters. The molecule has 0 fully saturated rings. The van der Waals surface area contributed by atoms with Gasteiger partial charge in [-0.2, -0.15) is 0 Å². The predicted molar refractivity (Wildman–Crippen MR) is 62.9 cm³/mol. The van der Waals surface area contributed by atoms with Gasteiger partial charge in [-0.25, -0.2) is 18.4 Å². The summed E-state index contributed by atoms with van der Waals surface area (Å²) in [7, 11) is -3.90. The second-order valence-corrected chi connectivity index (χ2v) is 5.01. The first kappa shape index (κ1) is 13.5. The minimum atomic E-state index is -3.90. The van der Waals surface area contributed by atoms with E-state index in [2.05, 4.69) is 0 Å². The van der Waals surface area contributed by atoms with Crippen molar-refractivity contribution in [2.45, 2.75) is 18.7 Å². The number of benzene rings is 1. The van der Waals surface area contributed by atoms with Crippen molar-refractivity contribution in [3.8, 4) is 0 Å². The Balaban J connectivity index is 3.40. The van der Waals surface area contributed by atoms with E-state index in [0.29, 0.717) is 5.56 Å². The molecule has 0 bridgehead atoms. The average Bonchev–Trinajstić information content (AvgIpc) is 2.20. The molecular weight excluding hydrogens is 244 g/mol. The van der Waals surface area contributed by atoms with Gasteiger partial charge in [0.05, 0.1) is 17.1 Å². The molecule has 0 radical (unpaired) electrons. The van der Waals surface area contributed by atoms with Crippen LogP contribution in [0, 0.1) is 6.92 Å². The molecule has 0 heterocycles. The standard InChI is InChI=1S/C10H14N2O4S/c1-3-16-10(13)8-4-7(17(12,14)15)5-9(11)6(8)2/h4-5H,3,11H2,1-2H3,(H2,12,14,15). The highest BCUT2D eigenvalue weighted by molar-refractivity contribution is 7.89.